The molecule has 2 heterocycles. The van der Waals surface area contributed by atoms with E-state index in [1.54, 1.807) is 12.1 Å². The molecule has 0 spiro atoms. The molecule has 0 aliphatic rings. The molecule has 0 fully saturated rings. The van der Waals surface area contributed by atoms with E-state index >= 15 is 0 Å². The number of nitrogens with one attached hydrogen (secondary N) is 1. The van der Waals surface area contributed by atoms with Crippen LogP contribution in [0.2, 0.25) is 0 Å². The summed E-state index contributed by atoms with van der Waals surface area (Å²) in [5.41, 5.74) is -0.947. The lowest BCUT2D eigenvalue weighted by Gasteiger charge is -2.05. The highest BCUT2D eigenvalue weighted by atomic mass is 16.6. The smallest absolute Gasteiger partial charge is 0.306 e. The summed E-state index contributed by atoms with van der Waals surface area (Å²) in [5.74, 6) is 0. The molecule has 3 aromatic rings. The first-order valence-electron chi connectivity index (χ1n) is 5.92. The molecule has 0 aliphatic carbocycles. The fourth-order valence-electron chi connectivity index (χ4n) is 2.04. The third-order valence-corrected chi connectivity index (χ3v) is 3.00. The number of nitrogens with zero attached hydrogens (tertiary/aromatic N) is 3. The minimum Gasteiger partial charge on any atom is -0.306 e. The van der Waals surface area contributed by atoms with E-state index in [4.69, 9.17) is 0 Å². The Morgan fingerprint density at radius 2 is 2.05 bits per heavy atom. The molecular weight excluding hydrogens is 276 g/mol. The maximum atomic E-state index is 12.4. The molecule has 0 radical (unpaired) electrons. The van der Waals surface area contributed by atoms with E-state index in [1.165, 1.54) is 24.5 Å². The molecule has 2 aromatic heterocycles. The number of nitro groups is 1. The summed E-state index contributed by atoms with van der Waals surface area (Å²) in [7, 11) is 0. The van der Waals surface area contributed by atoms with Crippen molar-refractivity contribution in [1.82, 2.24) is 14.5 Å². The van der Waals surface area contributed by atoms with Crippen LogP contribution in [0.3, 0.4) is 0 Å². The molecule has 8 nitrogen and oxygen atoms in total. The van der Waals surface area contributed by atoms with Crippen LogP contribution in [-0.2, 0) is 0 Å². The molecule has 8 heteroatoms. The number of aromatic amines is 1. The van der Waals surface area contributed by atoms with Crippen molar-refractivity contribution in [2.75, 3.05) is 0 Å². The Bertz CT molecular complexity index is 959. The molecule has 21 heavy (non-hydrogen) atoms. The highest BCUT2D eigenvalue weighted by Gasteiger charge is 2.13. The molecule has 0 amide bonds. The van der Waals surface area contributed by atoms with E-state index in [-0.39, 0.29) is 22.3 Å². The molecule has 0 saturated carbocycles. The van der Waals surface area contributed by atoms with Gasteiger partial charge < -0.3 is 4.98 Å². The van der Waals surface area contributed by atoms with Gasteiger partial charge in [-0.1, -0.05) is 0 Å². The Kier molecular flexibility index (Phi) is 2.83. The van der Waals surface area contributed by atoms with Gasteiger partial charge in [-0.2, -0.15) is 0 Å². The summed E-state index contributed by atoms with van der Waals surface area (Å²) >= 11 is 0. The summed E-state index contributed by atoms with van der Waals surface area (Å²) in [6, 6.07) is 6.84. The number of non-ortho nitro benzene ring substituents is 1. The first-order chi connectivity index (χ1) is 10.1. The second-order valence-electron chi connectivity index (χ2n) is 4.27. The van der Waals surface area contributed by atoms with Gasteiger partial charge in [0.1, 0.15) is 0 Å². The van der Waals surface area contributed by atoms with E-state index in [1.807, 2.05) is 0 Å². The summed E-state index contributed by atoms with van der Waals surface area (Å²) in [5, 5.41) is 10.9. The highest BCUT2D eigenvalue weighted by Crippen LogP contribution is 2.16. The maximum absolute atomic E-state index is 12.4. The lowest BCUT2D eigenvalue weighted by molar-refractivity contribution is -0.384. The van der Waals surface area contributed by atoms with Crippen LogP contribution in [0.4, 0.5) is 5.69 Å². The second kappa shape index (κ2) is 4.67. The molecule has 104 valence electrons. The third kappa shape index (κ3) is 2.08. The van der Waals surface area contributed by atoms with Crippen molar-refractivity contribution < 1.29 is 4.92 Å². The summed E-state index contributed by atoms with van der Waals surface area (Å²) < 4.78 is 0.888. The largest absolute Gasteiger partial charge is 0.333 e. The van der Waals surface area contributed by atoms with Crippen LogP contribution < -0.4 is 11.2 Å². The Balaban J connectivity index is 2.39. The number of hydrogen-bond donors (Lipinski definition) is 1. The predicted molar refractivity (Wildman–Crippen MR) is 74.6 cm³/mol. The Labute approximate surface area is 116 Å². The van der Waals surface area contributed by atoms with Crippen molar-refractivity contribution in [2.24, 2.45) is 0 Å². The van der Waals surface area contributed by atoms with E-state index in [0.717, 1.165) is 10.6 Å². The number of aromatic nitrogens is 3. The van der Waals surface area contributed by atoms with Crippen LogP contribution in [0.1, 0.15) is 0 Å². The van der Waals surface area contributed by atoms with Crippen LogP contribution >= 0.6 is 0 Å². The van der Waals surface area contributed by atoms with Crippen molar-refractivity contribution in [3.63, 3.8) is 0 Å². The SMILES string of the molecule is O=c1[nH]c2ccc([N+](=O)[O-])cc2c(=O)n1-c1cccnc1. The molecule has 0 aliphatic heterocycles. The zero-order valence-corrected chi connectivity index (χ0v) is 10.5. The average molecular weight is 284 g/mol. The topological polar surface area (TPSA) is 111 Å². The van der Waals surface area contributed by atoms with Crippen molar-refractivity contribution >= 4 is 16.6 Å². The van der Waals surface area contributed by atoms with Gasteiger partial charge >= 0.3 is 5.69 Å². The third-order valence-electron chi connectivity index (χ3n) is 3.00. The van der Waals surface area contributed by atoms with Gasteiger partial charge in [-0.25, -0.2) is 9.36 Å². The number of benzene rings is 1. The Morgan fingerprint density at radius 3 is 2.71 bits per heavy atom. The number of rotatable bonds is 2. The first kappa shape index (κ1) is 12.7. The quantitative estimate of drug-likeness (QED) is 0.557. The highest BCUT2D eigenvalue weighted by molar-refractivity contribution is 5.80. The van der Waals surface area contributed by atoms with Gasteiger partial charge in [0.2, 0.25) is 0 Å². The van der Waals surface area contributed by atoms with Gasteiger partial charge in [0.05, 0.1) is 27.7 Å². The standard InChI is InChI=1S/C13H8N4O4/c18-12-10-6-8(17(20)21)3-4-11(10)15-13(19)16(12)9-2-1-5-14-7-9/h1-7H,(H,15,19). The van der Waals surface area contributed by atoms with Crippen LogP contribution in [-0.4, -0.2) is 19.5 Å². The van der Waals surface area contributed by atoms with E-state index in [0.29, 0.717) is 0 Å². The lowest BCUT2D eigenvalue weighted by atomic mass is 10.2. The molecule has 1 N–H and O–H groups in total. The molecule has 1 aromatic carbocycles. The van der Waals surface area contributed by atoms with Crippen molar-refractivity contribution in [3.05, 3.63) is 73.7 Å². The fourth-order valence-corrected chi connectivity index (χ4v) is 2.04. The van der Waals surface area contributed by atoms with E-state index < -0.39 is 16.2 Å². The zero-order valence-electron chi connectivity index (χ0n) is 10.5. The van der Waals surface area contributed by atoms with Crippen molar-refractivity contribution in [1.29, 1.82) is 0 Å². The maximum Gasteiger partial charge on any atom is 0.333 e. The summed E-state index contributed by atoms with van der Waals surface area (Å²) in [6.07, 6.45) is 2.87. The van der Waals surface area contributed by atoms with Crippen LogP contribution in [0.25, 0.3) is 16.6 Å². The van der Waals surface area contributed by atoms with E-state index in [9.17, 15) is 19.7 Å². The molecule has 0 saturated heterocycles. The summed E-state index contributed by atoms with van der Waals surface area (Å²) in [6.45, 7) is 0. The number of pyridine rings is 1. The zero-order chi connectivity index (χ0) is 15.0. The molecule has 0 atom stereocenters. The number of fused-ring (bicyclic) bond motifs is 1. The molecule has 0 bridgehead atoms. The van der Waals surface area contributed by atoms with Gasteiger partial charge in [0, 0.05) is 18.3 Å². The Morgan fingerprint density at radius 1 is 1.24 bits per heavy atom. The molecule has 0 unspecified atom stereocenters. The fraction of sp³-hybridized carbons (Fsp3) is 0. The molecule has 3 rings (SSSR count). The van der Waals surface area contributed by atoms with Crippen molar-refractivity contribution in [3.8, 4) is 5.69 Å². The normalized spacial score (nSPS) is 10.7. The van der Waals surface area contributed by atoms with Gasteiger partial charge in [-0.3, -0.25) is 19.9 Å². The van der Waals surface area contributed by atoms with Gasteiger partial charge in [-0.15, -0.1) is 0 Å². The monoisotopic (exact) mass is 284 g/mol. The average Bonchev–Trinajstić information content (AvgIpc) is 2.48. The summed E-state index contributed by atoms with van der Waals surface area (Å²) in [4.78, 5) is 41.0. The first-order valence-corrected chi connectivity index (χ1v) is 5.92. The molecular formula is C13H8N4O4. The van der Waals surface area contributed by atoms with Crippen LogP contribution in [0, 0.1) is 10.1 Å². The van der Waals surface area contributed by atoms with Gasteiger partial charge in [0.15, 0.2) is 0 Å². The second-order valence-corrected chi connectivity index (χ2v) is 4.27. The van der Waals surface area contributed by atoms with Gasteiger partial charge in [-0.05, 0) is 18.2 Å². The van der Waals surface area contributed by atoms with Crippen LogP contribution in [0.5, 0.6) is 0 Å². The Hall–Kier alpha value is -3.29. The van der Waals surface area contributed by atoms with Crippen LogP contribution in [0.15, 0.2) is 52.3 Å². The number of H-pyrrole nitrogens is 1. The van der Waals surface area contributed by atoms with Gasteiger partial charge in [0.25, 0.3) is 11.2 Å². The lowest BCUT2D eigenvalue weighted by Crippen LogP contribution is -2.33. The van der Waals surface area contributed by atoms with E-state index in [2.05, 4.69) is 9.97 Å². The minimum atomic E-state index is -0.634. The minimum absolute atomic E-state index is 0.0626. The predicted octanol–water partition coefficient (Wildman–Crippen LogP) is 0.982. The number of hydrogen-bond acceptors (Lipinski definition) is 5. The number of nitro benzene ring substituents is 1. The van der Waals surface area contributed by atoms with Crippen molar-refractivity contribution in [2.45, 2.75) is 0 Å².